The molecule has 0 aliphatic carbocycles. The van der Waals surface area contributed by atoms with Gasteiger partial charge in [0.1, 0.15) is 0 Å². The Balaban J connectivity index is -0.00000180. The molecule has 7 nitrogen and oxygen atoms in total. The molecule has 2 atom stereocenters. The van der Waals surface area contributed by atoms with Gasteiger partial charge in [0, 0.05) is 0 Å². The average molecular weight is 350 g/mol. The molecule has 0 heterocycles. The van der Waals surface area contributed by atoms with Crippen LogP contribution in [-0.4, -0.2) is 39.9 Å². The Labute approximate surface area is 169 Å². The largest absolute Gasteiger partial charge is 1.00 e. The predicted octanol–water partition coefficient (Wildman–Crippen LogP) is -1.10. The molecule has 0 aliphatic rings. The van der Waals surface area contributed by atoms with Gasteiger partial charge in [0.25, 0.3) is 10.1 Å². The first-order valence-corrected chi connectivity index (χ1v) is 7.97. The normalized spacial score (nSPS) is 15.6. The quantitative estimate of drug-likeness (QED) is 0.337. The third-order valence-electron chi connectivity index (χ3n) is 3.48. The van der Waals surface area contributed by atoms with Crippen molar-refractivity contribution >= 4 is 22.1 Å². The van der Waals surface area contributed by atoms with Gasteiger partial charge in [0.05, 0.1) is 6.42 Å². The Morgan fingerprint density at radius 3 is 2.05 bits per heavy atom. The van der Waals surface area contributed by atoms with Crippen LogP contribution in [0.4, 0.5) is 0 Å². The monoisotopic (exact) mass is 350 g/mol. The van der Waals surface area contributed by atoms with Gasteiger partial charge in [-0.15, -0.1) is 0 Å². The molecule has 0 aromatic carbocycles. The van der Waals surface area contributed by atoms with Crippen LogP contribution in [0.25, 0.3) is 0 Å². The van der Waals surface area contributed by atoms with Gasteiger partial charge in [-0.2, -0.15) is 8.42 Å². The van der Waals surface area contributed by atoms with E-state index in [2.05, 4.69) is 0 Å². The molecular weight excluding hydrogens is 327 g/mol. The second-order valence-corrected chi connectivity index (χ2v) is 6.70. The Morgan fingerprint density at radius 2 is 1.76 bits per heavy atom. The van der Waals surface area contributed by atoms with Crippen molar-refractivity contribution in [3.63, 3.8) is 0 Å². The van der Waals surface area contributed by atoms with Gasteiger partial charge in [-0.05, 0) is 12.3 Å². The number of carboxylic acids is 2. The number of aliphatic carboxylic acids is 2. The van der Waals surface area contributed by atoms with Crippen LogP contribution >= 0.6 is 0 Å². The van der Waals surface area contributed by atoms with Crippen LogP contribution in [0.3, 0.4) is 0 Å². The Hall–Kier alpha value is 0.486. The molecule has 3 N–H and O–H groups in total. The van der Waals surface area contributed by atoms with Crippen LogP contribution in [0, 0.1) is 5.92 Å². The van der Waals surface area contributed by atoms with Crippen molar-refractivity contribution in [2.24, 2.45) is 5.92 Å². The number of hydrogen-bond donors (Lipinski definition) is 3. The Morgan fingerprint density at radius 1 is 1.24 bits per heavy atom. The number of rotatable bonds is 10. The molecule has 9 heteroatoms. The molecule has 0 bridgehead atoms. The zero-order valence-corrected chi connectivity index (χ0v) is 16.6. The molecule has 0 aromatic heterocycles. The number of hydrogen-bond acceptors (Lipinski definition) is 4. The first kappa shape index (κ1) is 23.7. The van der Waals surface area contributed by atoms with Gasteiger partial charge in [0.2, 0.25) is 4.75 Å². The van der Waals surface area contributed by atoms with Gasteiger partial charge in [-0.1, -0.05) is 39.5 Å². The molecule has 0 aromatic rings. The molecule has 0 radical (unpaired) electrons. The average Bonchev–Trinajstić information content (AvgIpc) is 2.30. The number of carboxylic acid groups (broad SMARTS) is 2. The smallest absolute Gasteiger partial charge is 1.00 e. The third kappa shape index (κ3) is 7.06. The molecule has 21 heavy (non-hydrogen) atoms. The third-order valence-corrected chi connectivity index (χ3v) is 4.96. The fourth-order valence-corrected chi connectivity index (χ4v) is 3.17. The minimum Gasteiger partial charge on any atom is -1.00 e. The van der Waals surface area contributed by atoms with Crippen LogP contribution in [0.15, 0.2) is 0 Å². The summed E-state index contributed by atoms with van der Waals surface area (Å²) >= 11 is 0. The standard InChI is InChI=1S/C12H22O7S.K.H/c1-3-5-6-9(4-2)7-12(11(15)16,8-10(13)14)20(17,18)19;;/h9H,3-8H2,1-2H3,(H,13,14)(H,15,16)(H,17,18,19);;/q;+1;-1. The molecular formula is C12H23KO7S. The van der Waals surface area contributed by atoms with Crippen molar-refractivity contribution in [3.8, 4) is 0 Å². The molecule has 0 spiro atoms. The van der Waals surface area contributed by atoms with E-state index < -0.39 is 39.6 Å². The number of unbranched alkanes of at least 4 members (excludes halogenated alkanes) is 1. The van der Waals surface area contributed by atoms with Crippen LogP contribution in [0.2, 0.25) is 0 Å². The SMILES string of the molecule is CCCCC(CC)CC(CC(=O)O)(C(=O)O)S(=O)(=O)O.[H-].[K+]. The zero-order chi connectivity index (χ0) is 16.0. The van der Waals surface area contributed by atoms with Crippen molar-refractivity contribution in [2.75, 3.05) is 0 Å². The second kappa shape index (κ2) is 10.3. The van der Waals surface area contributed by atoms with E-state index in [1.165, 1.54) is 0 Å². The van der Waals surface area contributed by atoms with Crippen molar-refractivity contribution in [1.29, 1.82) is 0 Å². The van der Waals surface area contributed by atoms with Crippen LogP contribution < -0.4 is 51.4 Å². The predicted molar refractivity (Wildman–Crippen MR) is 73.2 cm³/mol. The van der Waals surface area contributed by atoms with E-state index in [4.69, 9.17) is 5.11 Å². The first-order valence-electron chi connectivity index (χ1n) is 6.53. The summed E-state index contributed by atoms with van der Waals surface area (Å²) < 4.78 is 29.5. The molecule has 0 amide bonds. The molecule has 0 saturated heterocycles. The fraction of sp³-hybridized carbons (Fsp3) is 0.833. The summed E-state index contributed by atoms with van der Waals surface area (Å²) in [6.45, 7) is 3.72. The summed E-state index contributed by atoms with van der Waals surface area (Å²) in [7, 11) is -5.03. The van der Waals surface area contributed by atoms with E-state index in [1.54, 1.807) is 6.92 Å². The van der Waals surface area contributed by atoms with E-state index in [9.17, 15) is 27.7 Å². The topological polar surface area (TPSA) is 129 Å². The Kier molecular flexibility index (Phi) is 11.6. The van der Waals surface area contributed by atoms with Crippen LogP contribution in [0.5, 0.6) is 0 Å². The molecule has 0 rings (SSSR count). The van der Waals surface area contributed by atoms with E-state index in [0.29, 0.717) is 12.8 Å². The van der Waals surface area contributed by atoms with Crippen molar-refractivity contribution in [2.45, 2.75) is 57.1 Å². The maximum atomic E-state index is 11.5. The van der Waals surface area contributed by atoms with Crippen molar-refractivity contribution in [1.82, 2.24) is 0 Å². The van der Waals surface area contributed by atoms with Gasteiger partial charge in [0.15, 0.2) is 0 Å². The van der Waals surface area contributed by atoms with Crippen molar-refractivity contribution < 1.29 is 85.6 Å². The zero-order valence-electron chi connectivity index (χ0n) is 13.7. The molecule has 2 unspecified atom stereocenters. The summed E-state index contributed by atoms with van der Waals surface area (Å²) in [6, 6.07) is 0. The van der Waals surface area contributed by atoms with Crippen LogP contribution in [-0.2, 0) is 19.7 Å². The summed E-state index contributed by atoms with van der Waals surface area (Å²) in [5.74, 6) is -3.67. The van der Waals surface area contributed by atoms with Crippen molar-refractivity contribution in [3.05, 3.63) is 0 Å². The molecule has 120 valence electrons. The number of carbonyl (C=O) groups is 2. The molecule has 0 fully saturated rings. The Bertz CT molecular complexity index is 454. The summed E-state index contributed by atoms with van der Waals surface area (Å²) in [6.07, 6.45) is 1.21. The van der Waals surface area contributed by atoms with E-state index >= 15 is 0 Å². The van der Waals surface area contributed by atoms with Crippen LogP contribution in [0.1, 0.15) is 53.8 Å². The van der Waals surface area contributed by atoms with E-state index in [0.717, 1.165) is 12.8 Å². The second-order valence-electron chi connectivity index (χ2n) is 4.97. The maximum absolute atomic E-state index is 11.5. The maximum Gasteiger partial charge on any atom is 1.00 e. The van der Waals surface area contributed by atoms with Gasteiger partial charge in [-0.3, -0.25) is 14.1 Å². The minimum absolute atomic E-state index is 0. The first-order chi connectivity index (χ1) is 9.10. The summed E-state index contributed by atoms with van der Waals surface area (Å²) in [4.78, 5) is 22.1. The minimum atomic E-state index is -5.03. The molecule has 0 aliphatic heterocycles. The summed E-state index contributed by atoms with van der Waals surface area (Å²) in [5, 5.41) is 18.0. The van der Waals surface area contributed by atoms with Gasteiger partial charge < -0.3 is 11.6 Å². The summed E-state index contributed by atoms with van der Waals surface area (Å²) in [5.41, 5.74) is 0. The van der Waals surface area contributed by atoms with Gasteiger partial charge >= 0.3 is 63.3 Å². The molecule has 0 saturated carbocycles. The fourth-order valence-electron chi connectivity index (χ4n) is 2.20. The van der Waals surface area contributed by atoms with E-state index in [1.807, 2.05) is 6.92 Å². The van der Waals surface area contributed by atoms with E-state index in [-0.39, 0.29) is 58.7 Å². The van der Waals surface area contributed by atoms with Gasteiger partial charge in [-0.25, -0.2) is 0 Å².